The van der Waals surface area contributed by atoms with Crippen LogP contribution in [0.25, 0.3) is 0 Å². The fraction of sp³-hybridized carbons (Fsp3) is 0.647. The summed E-state index contributed by atoms with van der Waals surface area (Å²) in [6.45, 7) is 6.65. The first-order valence-corrected chi connectivity index (χ1v) is 8.34. The molecule has 132 valence electrons. The molecule has 0 unspecified atom stereocenters. The highest BCUT2D eigenvalue weighted by molar-refractivity contribution is 6.07. The zero-order valence-corrected chi connectivity index (χ0v) is 14.1. The van der Waals surface area contributed by atoms with E-state index in [1.165, 1.54) is 19.9 Å². The summed E-state index contributed by atoms with van der Waals surface area (Å²) < 4.78 is 5.10. The largest absolute Gasteiger partial charge is 0.451 e. The summed E-state index contributed by atoms with van der Waals surface area (Å²) in [5.41, 5.74) is 0. The number of hydrogen-bond acceptors (Lipinski definition) is 5. The molecule has 0 radical (unpaired) electrons. The third kappa shape index (κ3) is 3.49. The van der Waals surface area contributed by atoms with Crippen molar-refractivity contribution in [3.05, 3.63) is 12.7 Å². The summed E-state index contributed by atoms with van der Waals surface area (Å²) in [5.74, 6) is -2.42. The summed E-state index contributed by atoms with van der Waals surface area (Å²) in [7, 11) is 0. The van der Waals surface area contributed by atoms with Crippen LogP contribution < -0.4 is 5.32 Å². The Morgan fingerprint density at radius 1 is 1.25 bits per heavy atom. The lowest BCUT2D eigenvalue weighted by atomic mass is 9.81. The molecule has 0 spiro atoms. The fourth-order valence-electron chi connectivity index (χ4n) is 3.32. The molecular formula is C17H24N2O5. The number of ether oxygens (including phenoxy) is 1. The Kier molecular flexibility index (Phi) is 5.75. The predicted octanol–water partition coefficient (Wildman–Crippen LogP) is 0.784. The van der Waals surface area contributed by atoms with Crippen LogP contribution in [-0.2, 0) is 23.9 Å². The number of fused-ring (bicyclic) bond motifs is 1. The lowest BCUT2D eigenvalue weighted by Gasteiger charge is -2.23. The van der Waals surface area contributed by atoms with Gasteiger partial charge in [-0.05, 0) is 26.7 Å². The molecule has 2 aliphatic rings. The summed E-state index contributed by atoms with van der Waals surface area (Å²) in [6, 6.07) is -1.02. The lowest BCUT2D eigenvalue weighted by Crippen LogP contribution is -2.46. The molecule has 0 bridgehead atoms. The maximum absolute atomic E-state index is 12.5. The second-order valence-electron chi connectivity index (χ2n) is 6.33. The molecule has 7 nitrogen and oxygen atoms in total. The molecule has 1 aliphatic carbocycles. The minimum absolute atomic E-state index is 0.267. The number of rotatable bonds is 6. The van der Waals surface area contributed by atoms with Gasteiger partial charge in [-0.2, -0.15) is 0 Å². The summed E-state index contributed by atoms with van der Waals surface area (Å²) >= 11 is 0. The van der Waals surface area contributed by atoms with E-state index in [1.807, 2.05) is 0 Å². The van der Waals surface area contributed by atoms with E-state index in [-0.39, 0.29) is 30.2 Å². The summed E-state index contributed by atoms with van der Waals surface area (Å²) in [5, 5.41) is 2.52. The molecule has 3 amide bonds. The first-order valence-electron chi connectivity index (χ1n) is 8.34. The average molecular weight is 336 g/mol. The van der Waals surface area contributed by atoms with Crippen molar-refractivity contribution in [1.29, 1.82) is 0 Å². The highest BCUT2D eigenvalue weighted by atomic mass is 16.5. The van der Waals surface area contributed by atoms with Gasteiger partial charge in [0.05, 0.1) is 11.8 Å². The molecule has 1 saturated carbocycles. The van der Waals surface area contributed by atoms with Crippen molar-refractivity contribution < 1.29 is 23.9 Å². The number of imide groups is 1. The van der Waals surface area contributed by atoms with Gasteiger partial charge in [0.15, 0.2) is 6.10 Å². The Balaban J connectivity index is 1.99. The Morgan fingerprint density at radius 2 is 1.79 bits per heavy atom. The number of nitrogens with one attached hydrogen (secondary N) is 1. The third-order valence-electron chi connectivity index (χ3n) is 4.69. The number of nitrogens with zero attached hydrogens (tertiary/aromatic N) is 1. The van der Waals surface area contributed by atoms with Crippen molar-refractivity contribution in [2.75, 3.05) is 6.54 Å². The zero-order valence-electron chi connectivity index (χ0n) is 14.1. The third-order valence-corrected chi connectivity index (χ3v) is 4.69. The van der Waals surface area contributed by atoms with E-state index >= 15 is 0 Å². The van der Waals surface area contributed by atoms with Crippen LogP contribution in [0, 0.1) is 11.8 Å². The standard InChI is InChI=1S/C17H24N2O5/c1-4-9-18-14(20)11(3)24-17(23)10(2)19-15(21)12-7-5-6-8-13(12)16(19)22/h4,10-13H,1,5-9H2,2-3H3,(H,18,20)/t10-,11-,12-,13-/m0/s1. The number of likely N-dealkylation sites (tertiary alicyclic amines) is 1. The second-order valence-corrected chi connectivity index (χ2v) is 6.33. The van der Waals surface area contributed by atoms with Gasteiger partial charge in [-0.1, -0.05) is 18.9 Å². The van der Waals surface area contributed by atoms with Gasteiger partial charge in [-0.15, -0.1) is 6.58 Å². The maximum Gasteiger partial charge on any atom is 0.329 e. The van der Waals surface area contributed by atoms with Crippen LogP contribution >= 0.6 is 0 Å². The van der Waals surface area contributed by atoms with Crippen molar-refractivity contribution in [1.82, 2.24) is 10.2 Å². The molecular weight excluding hydrogens is 312 g/mol. The molecule has 1 heterocycles. The second kappa shape index (κ2) is 7.59. The predicted molar refractivity (Wildman–Crippen MR) is 85.5 cm³/mol. The molecule has 1 N–H and O–H groups in total. The van der Waals surface area contributed by atoms with Gasteiger partial charge in [0.2, 0.25) is 11.8 Å². The van der Waals surface area contributed by atoms with Crippen LogP contribution in [0.1, 0.15) is 39.5 Å². The fourth-order valence-corrected chi connectivity index (χ4v) is 3.32. The molecule has 1 saturated heterocycles. The minimum atomic E-state index is -1.02. The average Bonchev–Trinajstić information content (AvgIpc) is 2.83. The van der Waals surface area contributed by atoms with Crippen molar-refractivity contribution in [3.63, 3.8) is 0 Å². The number of hydrogen-bond donors (Lipinski definition) is 1. The Morgan fingerprint density at radius 3 is 2.29 bits per heavy atom. The van der Waals surface area contributed by atoms with E-state index in [0.29, 0.717) is 12.8 Å². The lowest BCUT2D eigenvalue weighted by molar-refractivity contribution is -0.164. The van der Waals surface area contributed by atoms with Crippen LogP contribution in [0.3, 0.4) is 0 Å². The maximum atomic E-state index is 12.5. The van der Waals surface area contributed by atoms with Crippen molar-refractivity contribution in [3.8, 4) is 0 Å². The highest BCUT2D eigenvalue weighted by Crippen LogP contribution is 2.38. The smallest absolute Gasteiger partial charge is 0.329 e. The number of amides is 3. The Labute approximate surface area is 141 Å². The minimum Gasteiger partial charge on any atom is -0.451 e. The van der Waals surface area contributed by atoms with Gasteiger partial charge >= 0.3 is 5.97 Å². The van der Waals surface area contributed by atoms with Gasteiger partial charge in [-0.25, -0.2) is 4.79 Å². The molecule has 2 fully saturated rings. The number of carbonyl (C=O) groups excluding carboxylic acids is 4. The van der Waals surface area contributed by atoms with Gasteiger partial charge in [0.1, 0.15) is 6.04 Å². The van der Waals surface area contributed by atoms with Gasteiger partial charge in [0, 0.05) is 6.54 Å². The van der Waals surface area contributed by atoms with Gasteiger partial charge in [0.25, 0.3) is 5.91 Å². The summed E-state index contributed by atoms with van der Waals surface area (Å²) in [6.07, 6.45) is 3.73. The van der Waals surface area contributed by atoms with Crippen molar-refractivity contribution in [2.45, 2.75) is 51.7 Å². The first kappa shape index (κ1) is 18.2. The molecule has 0 aromatic heterocycles. The molecule has 0 aromatic rings. The molecule has 7 heteroatoms. The summed E-state index contributed by atoms with van der Waals surface area (Å²) in [4.78, 5) is 49.9. The van der Waals surface area contributed by atoms with E-state index in [0.717, 1.165) is 17.7 Å². The highest BCUT2D eigenvalue weighted by Gasteiger charge is 2.51. The van der Waals surface area contributed by atoms with Crippen molar-refractivity contribution in [2.24, 2.45) is 11.8 Å². The van der Waals surface area contributed by atoms with Crippen molar-refractivity contribution >= 4 is 23.7 Å². The normalized spacial score (nSPS) is 25.7. The molecule has 2 rings (SSSR count). The molecule has 1 aliphatic heterocycles. The zero-order chi connectivity index (χ0) is 17.9. The number of carbonyl (C=O) groups is 4. The van der Waals surface area contributed by atoms with E-state index in [4.69, 9.17) is 4.74 Å². The monoisotopic (exact) mass is 336 g/mol. The van der Waals surface area contributed by atoms with Gasteiger partial charge < -0.3 is 10.1 Å². The van der Waals surface area contributed by atoms with Crippen LogP contribution in [0.15, 0.2) is 12.7 Å². The quantitative estimate of drug-likeness (QED) is 0.440. The van der Waals surface area contributed by atoms with E-state index in [2.05, 4.69) is 11.9 Å². The molecule has 0 aromatic carbocycles. The number of esters is 1. The van der Waals surface area contributed by atoms with Crippen LogP contribution in [0.4, 0.5) is 0 Å². The first-order chi connectivity index (χ1) is 11.4. The van der Waals surface area contributed by atoms with Gasteiger partial charge in [-0.3, -0.25) is 19.3 Å². The Hall–Kier alpha value is -2.18. The van der Waals surface area contributed by atoms with E-state index in [1.54, 1.807) is 0 Å². The Bertz CT molecular complexity index is 535. The topological polar surface area (TPSA) is 92.8 Å². The molecule has 4 atom stereocenters. The molecule has 24 heavy (non-hydrogen) atoms. The van der Waals surface area contributed by atoms with Crippen LogP contribution in [0.5, 0.6) is 0 Å². The van der Waals surface area contributed by atoms with Crippen LogP contribution in [0.2, 0.25) is 0 Å². The van der Waals surface area contributed by atoms with E-state index < -0.39 is 24.0 Å². The SMILES string of the molecule is C=CCNC(=O)[C@H](C)OC(=O)[C@H](C)N1C(=O)[C@H]2CCCC[C@@H]2C1=O. The van der Waals surface area contributed by atoms with Crippen LogP contribution in [-0.4, -0.2) is 47.3 Å². The van der Waals surface area contributed by atoms with E-state index in [9.17, 15) is 19.2 Å².